The number of benzene rings is 2. The molecule has 0 aliphatic carbocycles. The van der Waals surface area contributed by atoms with Crippen LogP contribution in [0.1, 0.15) is 16.3 Å². The third kappa shape index (κ3) is 5.51. The number of aromatic nitrogens is 4. The standard InChI is InChI=1S/C16H10ClN3O3S.C11H10N2O/c17-14-6-5-13(24-14)12-7-9(19-23-12)8-20-11-4-2-1-3-10(11)18-15(20)16(21)22;12-9-1-3-10(4-2-9)13-7-5-11(14)6-8-13/h1-7H,8H2,(H,21,22);1-8H,12H2. The number of fused-ring (bicyclic) bond motifs is 1. The maximum Gasteiger partial charge on any atom is 0.372 e. The molecule has 0 bridgehead atoms. The number of aromatic carboxylic acids is 1. The average Bonchev–Trinajstić information content (AvgIpc) is 3.65. The number of pyridine rings is 1. The van der Waals surface area contributed by atoms with Gasteiger partial charge in [0.05, 0.1) is 26.8 Å². The summed E-state index contributed by atoms with van der Waals surface area (Å²) in [5, 5.41) is 13.4. The van der Waals surface area contributed by atoms with Crippen molar-refractivity contribution in [1.29, 1.82) is 0 Å². The minimum absolute atomic E-state index is 0.0108. The Morgan fingerprint density at radius 3 is 2.45 bits per heavy atom. The molecule has 0 spiro atoms. The van der Waals surface area contributed by atoms with Crippen LogP contribution in [0.15, 0.2) is 101 Å². The highest BCUT2D eigenvalue weighted by molar-refractivity contribution is 7.19. The van der Waals surface area contributed by atoms with E-state index in [1.807, 2.05) is 53.1 Å². The first kappa shape index (κ1) is 25.0. The molecule has 6 rings (SSSR count). The molecule has 4 aromatic heterocycles. The number of rotatable bonds is 5. The van der Waals surface area contributed by atoms with E-state index in [1.54, 1.807) is 35.2 Å². The molecule has 2 aromatic carbocycles. The van der Waals surface area contributed by atoms with Crippen LogP contribution in [0.3, 0.4) is 0 Å². The van der Waals surface area contributed by atoms with E-state index in [0.717, 1.165) is 21.8 Å². The van der Waals surface area contributed by atoms with E-state index in [4.69, 9.17) is 21.9 Å². The number of nitrogens with zero attached hydrogens (tertiary/aromatic N) is 4. The summed E-state index contributed by atoms with van der Waals surface area (Å²) >= 11 is 7.32. The lowest BCUT2D eigenvalue weighted by Crippen LogP contribution is -2.10. The molecule has 0 fully saturated rings. The molecule has 6 aromatic rings. The quantitative estimate of drug-likeness (QED) is 0.271. The van der Waals surface area contributed by atoms with Crippen molar-refractivity contribution in [2.75, 3.05) is 5.73 Å². The molecule has 11 heteroatoms. The van der Waals surface area contributed by atoms with Gasteiger partial charge in [0.2, 0.25) is 5.82 Å². The molecule has 9 nitrogen and oxygen atoms in total. The molecular weight excluding hydrogens is 526 g/mol. The molecule has 0 unspecified atom stereocenters. The first-order valence-electron chi connectivity index (χ1n) is 11.3. The molecule has 0 saturated carbocycles. The van der Waals surface area contributed by atoms with E-state index in [2.05, 4.69) is 10.1 Å². The highest BCUT2D eigenvalue weighted by Crippen LogP contribution is 2.31. The Labute approximate surface area is 225 Å². The number of anilines is 1. The van der Waals surface area contributed by atoms with Crippen LogP contribution in [-0.4, -0.2) is 30.4 Å². The molecule has 0 saturated heterocycles. The number of carbonyl (C=O) groups is 1. The number of para-hydroxylation sites is 2. The van der Waals surface area contributed by atoms with Gasteiger partial charge in [-0.2, -0.15) is 0 Å². The Balaban J connectivity index is 0.000000179. The number of thiophene rings is 1. The van der Waals surface area contributed by atoms with Crippen LogP contribution in [0.25, 0.3) is 27.4 Å². The number of hydrogen-bond donors (Lipinski definition) is 2. The fraction of sp³-hybridized carbons (Fsp3) is 0.0370. The number of carboxylic acids is 1. The van der Waals surface area contributed by atoms with Crippen molar-refractivity contribution in [3.63, 3.8) is 0 Å². The second kappa shape index (κ2) is 10.8. The molecule has 0 amide bonds. The number of nitrogens with two attached hydrogens (primary N) is 1. The topological polar surface area (TPSA) is 129 Å². The van der Waals surface area contributed by atoms with Crippen LogP contribution in [0, 0.1) is 0 Å². The predicted molar refractivity (Wildman–Crippen MR) is 147 cm³/mol. The number of nitrogen functional groups attached to an aromatic ring is 1. The molecule has 38 heavy (non-hydrogen) atoms. The summed E-state index contributed by atoms with van der Waals surface area (Å²) in [7, 11) is 0. The van der Waals surface area contributed by atoms with Crippen molar-refractivity contribution in [2.45, 2.75) is 6.54 Å². The second-order valence-corrected chi connectivity index (χ2v) is 9.85. The van der Waals surface area contributed by atoms with Crippen LogP contribution in [0.5, 0.6) is 0 Å². The Kier molecular flexibility index (Phi) is 7.07. The SMILES string of the molecule is Nc1ccc(-n2ccc(=O)cc2)cc1.O=C(O)c1nc2ccccc2n1Cc1cc(-c2ccc(Cl)s2)on1. The summed E-state index contributed by atoms with van der Waals surface area (Å²) in [6.07, 6.45) is 3.46. The number of hydrogen-bond acceptors (Lipinski definition) is 7. The number of halogens is 1. The lowest BCUT2D eigenvalue weighted by molar-refractivity contribution is 0.0679. The molecule has 190 valence electrons. The van der Waals surface area contributed by atoms with Gasteiger partial charge in [-0.25, -0.2) is 9.78 Å². The lowest BCUT2D eigenvalue weighted by Gasteiger charge is -2.05. The third-order valence-corrected chi connectivity index (χ3v) is 6.78. The molecule has 0 aliphatic heterocycles. The zero-order valence-corrected chi connectivity index (χ0v) is 21.3. The minimum atomic E-state index is -1.08. The van der Waals surface area contributed by atoms with Crippen LogP contribution in [0.2, 0.25) is 4.34 Å². The van der Waals surface area contributed by atoms with Crippen molar-refractivity contribution < 1.29 is 14.4 Å². The summed E-state index contributed by atoms with van der Waals surface area (Å²) < 4.78 is 9.48. The van der Waals surface area contributed by atoms with Crippen molar-refractivity contribution in [3.05, 3.63) is 117 Å². The maximum absolute atomic E-state index is 11.5. The highest BCUT2D eigenvalue weighted by Gasteiger charge is 2.18. The Morgan fingerprint density at radius 2 is 1.76 bits per heavy atom. The summed E-state index contributed by atoms with van der Waals surface area (Å²) in [4.78, 5) is 27.4. The van der Waals surface area contributed by atoms with Gasteiger partial charge in [0.25, 0.3) is 0 Å². The molecule has 0 aliphatic rings. The molecule has 0 atom stereocenters. The molecular formula is C27H20ClN5O4S. The summed E-state index contributed by atoms with van der Waals surface area (Å²) in [5.74, 6) is -0.511. The molecule has 4 heterocycles. The normalized spacial score (nSPS) is 10.8. The Morgan fingerprint density at radius 1 is 1.03 bits per heavy atom. The lowest BCUT2D eigenvalue weighted by atomic mass is 10.3. The van der Waals surface area contributed by atoms with Crippen LogP contribution >= 0.6 is 22.9 Å². The smallest absolute Gasteiger partial charge is 0.372 e. The van der Waals surface area contributed by atoms with Gasteiger partial charge in [0.1, 0.15) is 5.69 Å². The van der Waals surface area contributed by atoms with E-state index in [9.17, 15) is 14.7 Å². The van der Waals surface area contributed by atoms with Gasteiger partial charge in [-0.15, -0.1) is 11.3 Å². The fourth-order valence-corrected chi connectivity index (χ4v) is 4.73. The summed E-state index contributed by atoms with van der Waals surface area (Å²) in [6.45, 7) is 0.255. The van der Waals surface area contributed by atoms with E-state index in [-0.39, 0.29) is 17.8 Å². The fourth-order valence-electron chi connectivity index (χ4n) is 3.74. The summed E-state index contributed by atoms with van der Waals surface area (Å²) in [6, 6.07) is 23.2. The van der Waals surface area contributed by atoms with Gasteiger partial charge >= 0.3 is 5.97 Å². The van der Waals surface area contributed by atoms with E-state index >= 15 is 0 Å². The van der Waals surface area contributed by atoms with Crippen LogP contribution in [0.4, 0.5) is 5.69 Å². The average molecular weight is 546 g/mol. The molecule has 3 N–H and O–H groups in total. The first-order valence-corrected chi connectivity index (χ1v) is 12.5. The third-order valence-electron chi connectivity index (χ3n) is 5.53. The Bertz CT molecular complexity index is 1760. The summed E-state index contributed by atoms with van der Waals surface area (Å²) in [5.41, 5.74) is 9.27. The minimum Gasteiger partial charge on any atom is -0.475 e. The van der Waals surface area contributed by atoms with Crippen LogP contribution in [-0.2, 0) is 6.54 Å². The van der Waals surface area contributed by atoms with Gasteiger partial charge in [-0.05, 0) is 48.5 Å². The monoisotopic (exact) mass is 545 g/mol. The second-order valence-electron chi connectivity index (χ2n) is 8.13. The number of carboxylic acid groups (broad SMARTS) is 1. The highest BCUT2D eigenvalue weighted by atomic mass is 35.5. The predicted octanol–water partition coefficient (Wildman–Crippen LogP) is 5.57. The largest absolute Gasteiger partial charge is 0.475 e. The number of imidazole rings is 1. The van der Waals surface area contributed by atoms with Crippen molar-refractivity contribution in [1.82, 2.24) is 19.3 Å². The van der Waals surface area contributed by atoms with Gasteiger partial charge in [0.15, 0.2) is 11.2 Å². The first-order chi connectivity index (χ1) is 18.4. The van der Waals surface area contributed by atoms with Crippen molar-refractivity contribution >= 4 is 45.6 Å². The zero-order valence-electron chi connectivity index (χ0n) is 19.7. The van der Waals surface area contributed by atoms with Crippen molar-refractivity contribution in [3.8, 4) is 16.3 Å². The van der Waals surface area contributed by atoms with Gasteiger partial charge < -0.3 is 24.5 Å². The van der Waals surface area contributed by atoms with Gasteiger partial charge in [-0.1, -0.05) is 28.9 Å². The van der Waals surface area contributed by atoms with Crippen molar-refractivity contribution in [2.24, 2.45) is 0 Å². The van der Waals surface area contributed by atoms with Gasteiger partial charge in [-0.3, -0.25) is 4.79 Å². The Hall–Kier alpha value is -4.67. The molecule has 0 radical (unpaired) electrons. The van der Waals surface area contributed by atoms with Gasteiger partial charge in [0, 0.05) is 42.0 Å². The zero-order chi connectivity index (χ0) is 26.6. The van der Waals surface area contributed by atoms with E-state index in [0.29, 0.717) is 21.3 Å². The van der Waals surface area contributed by atoms with E-state index in [1.165, 1.54) is 23.5 Å². The van der Waals surface area contributed by atoms with Crippen LogP contribution < -0.4 is 11.2 Å². The maximum atomic E-state index is 11.5. The van der Waals surface area contributed by atoms with E-state index < -0.39 is 5.97 Å².